The van der Waals surface area contributed by atoms with Crippen LogP contribution in [0.25, 0.3) is 21.7 Å². The molecule has 0 aliphatic carbocycles. The maximum atomic E-state index is 11.5. The molecule has 5 nitrogen and oxygen atoms in total. The van der Waals surface area contributed by atoms with Crippen molar-refractivity contribution >= 4 is 22.4 Å². The first kappa shape index (κ1) is 18.8. The molecule has 0 aliphatic heterocycles. The molecule has 0 saturated heterocycles. The van der Waals surface area contributed by atoms with Gasteiger partial charge < -0.3 is 10.1 Å². The maximum absolute atomic E-state index is 11.5. The summed E-state index contributed by atoms with van der Waals surface area (Å²) in [6.45, 7) is 2.00. The second kappa shape index (κ2) is 8.67. The van der Waals surface area contributed by atoms with E-state index in [0.717, 1.165) is 33.0 Å². The predicted molar refractivity (Wildman–Crippen MR) is 116 cm³/mol. The molecule has 4 rings (SSSR count). The number of carbonyl (C=O) groups is 1. The molecule has 0 saturated carbocycles. The van der Waals surface area contributed by atoms with Crippen LogP contribution < -0.4 is 10.1 Å². The van der Waals surface area contributed by atoms with E-state index in [1.807, 2.05) is 66.7 Å². The Morgan fingerprint density at radius 1 is 0.966 bits per heavy atom. The van der Waals surface area contributed by atoms with Crippen LogP contribution in [0.1, 0.15) is 12.5 Å². The van der Waals surface area contributed by atoms with E-state index in [4.69, 9.17) is 4.74 Å². The van der Waals surface area contributed by atoms with Gasteiger partial charge in [0.15, 0.2) is 5.13 Å². The van der Waals surface area contributed by atoms with Crippen molar-refractivity contribution in [3.05, 3.63) is 84.7 Å². The molecular weight excluding hydrogens is 382 g/mol. The molecule has 1 amide bonds. The summed E-state index contributed by atoms with van der Waals surface area (Å²) < 4.78 is 5.87. The molecule has 2 heterocycles. The highest BCUT2D eigenvalue weighted by molar-refractivity contribution is 7.19. The van der Waals surface area contributed by atoms with E-state index in [1.165, 1.54) is 18.3 Å². The van der Waals surface area contributed by atoms with E-state index in [9.17, 15) is 4.79 Å². The van der Waals surface area contributed by atoms with Gasteiger partial charge in [-0.25, -0.2) is 4.98 Å². The van der Waals surface area contributed by atoms with Crippen LogP contribution in [0.2, 0.25) is 0 Å². The van der Waals surface area contributed by atoms with Gasteiger partial charge in [0.25, 0.3) is 0 Å². The topological polar surface area (TPSA) is 64.1 Å². The normalized spacial score (nSPS) is 10.5. The van der Waals surface area contributed by atoms with E-state index in [2.05, 4.69) is 15.3 Å². The van der Waals surface area contributed by atoms with Crippen LogP contribution in [0.3, 0.4) is 0 Å². The average Bonchev–Trinajstić information content (AvgIpc) is 3.17. The highest BCUT2D eigenvalue weighted by Crippen LogP contribution is 2.39. The van der Waals surface area contributed by atoms with Crippen molar-refractivity contribution in [3.8, 4) is 27.4 Å². The Kier molecular flexibility index (Phi) is 5.63. The van der Waals surface area contributed by atoms with Crippen LogP contribution >= 0.6 is 11.3 Å². The number of anilines is 1. The predicted octanol–water partition coefficient (Wildman–Crippen LogP) is 5.41. The van der Waals surface area contributed by atoms with E-state index in [0.29, 0.717) is 11.7 Å². The van der Waals surface area contributed by atoms with Gasteiger partial charge in [-0.3, -0.25) is 9.78 Å². The molecule has 1 N–H and O–H groups in total. The number of nitrogens with zero attached hydrogens (tertiary/aromatic N) is 2. The van der Waals surface area contributed by atoms with Crippen molar-refractivity contribution in [2.45, 2.75) is 13.5 Å². The lowest BCUT2D eigenvalue weighted by atomic mass is 10.1. The summed E-state index contributed by atoms with van der Waals surface area (Å²) in [5.41, 5.74) is 3.90. The quantitative estimate of drug-likeness (QED) is 0.469. The highest BCUT2D eigenvalue weighted by Gasteiger charge is 2.16. The first-order chi connectivity index (χ1) is 14.2. The molecule has 144 valence electrons. The van der Waals surface area contributed by atoms with Crippen LogP contribution in [-0.2, 0) is 11.4 Å². The molecule has 29 heavy (non-hydrogen) atoms. The van der Waals surface area contributed by atoms with Crippen molar-refractivity contribution in [2.75, 3.05) is 5.32 Å². The van der Waals surface area contributed by atoms with Gasteiger partial charge in [0.2, 0.25) is 5.91 Å². The molecule has 0 atom stereocenters. The summed E-state index contributed by atoms with van der Waals surface area (Å²) in [5, 5.41) is 3.36. The van der Waals surface area contributed by atoms with E-state index >= 15 is 0 Å². The Morgan fingerprint density at radius 3 is 2.38 bits per heavy atom. The number of pyridine rings is 1. The van der Waals surface area contributed by atoms with E-state index < -0.39 is 0 Å². The number of thiazole rings is 1. The first-order valence-electron chi connectivity index (χ1n) is 9.15. The molecular formula is C23H19N3O2S. The number of benzene rings is 2. The number of hydrogen-bond donors (Lipinski definition) is 1. The van der Waals surface area contributed by atoms with E-state index in [-0.39, 0.29) is 5.91 Å². The van der Waals surface area contributed by atoms with Crippen LogP contribution in [0.15, 0.2) is 79.1 Å². The fourth-order valence-electron chi connectivity index (χ4n) is 2.87. The summed E-state index contributed by atoms with van der Waals surface area (Å²) in [7, 11) is 0. The molecule has 0 aliphatic rings. The van der Waals surface area contributed by atoms with Gasteiger partial charge in [-0.2, -0.15) is 0 Å². The molecule has 2 aromatic carbocycles. The molecule has 0 spiro atoms. The van der Waals surface area contributed by atoms with Crippen LogP contribution in [0, 0.1) is 0 Å². The molecule has 6 heteroatoms. The van der Waals surface area contributed by atoms with Crippen LogP contribution in [0.5, 0.6) is 5.75 Å². The van der Waals surface area contributed by atoms with Crippen molar-refractivity contribution in [1.29, 1.82) is 0 Å². The second-order valence-electron chi connectivity index (χ2n) is 6.41. The van der Waals surface area contributed by atoms with Gasteiger partial charge in [-0.1, -0.05) is 41.7 Å². The summed E-state index contributed by atoms with van der Waals surface area (Å²) in [6, 6.07) is 21.8. The Bertz CT molecular complexity index is 1090. The monoisotopic (exact) mass is 401 g/mol. The second-order valence-corrected chi connectivity index (χ2v) is 7.41. The lowest BCUT2D eigenvalue weighted by molar-refractivity contribution is -0.114. The fraction of sp³-hybridized carbons (Fsp3) is 0.0870. The third-order valence-electron chi connectivity index (χ3n) is 4.23. The number of rotatable bonds is 6. The Balaban J connectivity index is 1.60. The van der Waals surface area contributed by atoms with Gasteiger partial charge in [0, 0.05) is 24.9 Å². The summed E-state index contributed by atoms with van der Waals surface area (Å²) >= 11 is 1.45. The summed E-state index contributed by atoms with van der Waals surface area (Å²) in [5.74, 6) is 0.650. The number of amides is 1. The highest BCUT2D eigenvalue weighted by atomic mass is 32.1. The Labute approximate surface area is 173 Å². The van der Waals surface area contributed by atoms with Gasteiger partial charge >= 0.3 is 0 Å². The molecule has 0 bridgehead atoms. The smallest absolute Gasteiger partial charge is 0.223 e. The lowest BCUT2D eigenvalue weighted by Gasteiger charge is -2.07. The SMILES string of the molecule is CC(=O)Nc1nc(-c2ccc(OCc3ccccc3)cc2)c(-c2ccncc2)s1. The average molecular weight is 401 g/mol. The zero-order valence-corrected chi connectivity index (χ0v) is 16.6. The number of carbonyl (C=O) groups excluding carboxylic acids is 1. The summed E-state index contributed by atoms with van der Waals surface area (Å²) in [6.07, 6.45) is 3.49. The lowest BCUT2D eigenvalue weighted by Crippen LogP contribution is -2.04. The Morgan fingerprint density at radius 2 is 1.69 bits per heavy atom. The van der Waals surface area contributed by atoms with Gasteiger partial charge in [-0.15, -0.1) is 0 Å². The zero-order valence-electron chi connectivity index (χ0n) is 15.8. The maximum Gasteiger partial charge on any atom is 0.223 e. The molecule has 4 aromatic rings. The van der Waals surface area contributed by atoms with Crippen LogP contribution in [0.4, 0.5) is 5.13 Å². The minimum Gasteiger partial charge on any atom is -0.489 e. The van der Waals surface area contributed by atoms with Crippen molar-refractivity contribution in [2.24, 2.45) is 0 Å². The number of ether oxygens (including phenoxy) is 1. The standard InChI is InChI=1S/C23H19N3O2S/c1-16(27)25-23-26-21(22(29-23)19-11-13-24-14-12-19)18-7-9-20(10-8-18)28-15-17-5-3-2-4-6-17/h2-14H,15H2,1H3,(H,25,26,27). The third kappa shape index (κ3) is 4.67. The zero-order chi connectivity index (χ0) is 20.1. The first-order valence-corrected chi connectivity index (χ1v) is 9.96. The minimum absolute atomic E-state index is 0.142. The Hall–Kier alpha value is -3.51. The fourth-order valence-corrected chi connectivity index (χ4v) is 3.91. The number of nitrogens with one attached hydrogen (secondary N) is 1. The minimum atomic E-state index is -0.142. The molecule has 0 radical (unpaired) electrons. The number of aromatic nitrogens is 2. The van der Waals surface area contributed by atoms with E-state index in [1.54, 1.807) is 12.4 Å². The number of hydrogen-bond acceptors (Lipinski definition) is 5. The van der Waals surface area contributed by atoms with Gasteiger partial charge in [0.1, 0.15) is 12.4 Å². The van der Waals surface area contributed by atoms with Crippen molar-refractivity contribution in [3.63, 3.8) is 0 Å². The van der Waals surface area contributed by atoms with Crippen molar-refractivity contribution < 1.29 is 9.53 Å². The molecule has 2 aromatic heterocycles. The van der Waals surface area contributed by atoms with Gasteiger partial charge in [0.05, 0.1) is 10.6 Å². The molecule has 0 fully saturated rings. The summed E-state index contributed by atoms with van der Waals surface area (Å²) in [4.78, 5) is 21.2. The molecule has 0 unspecified atom stereocenters. The van der Waals surface area contributed by atoms with Crippen molar-refractivity contribution in [1.82, 2.24) is 9.97 Å². The largest absolute Gasteiger partial charge is 0.489 e. The third-order valence-corrected chi connectivity index (χ3v) is 5.25. The van der Waals surface area contributed by atoms with Crippen LogP contribution in [-0.4, -0.2) is 15.9 Å². The van der Waals surface area contributed by atoms with Gasteiger partial charge in [-0.05, 0) is 47.5 Å².